The third kappa shape index (κ3) is 3.00. The minimum Gasteiger partial charge on any atom is -0.381 e. The molecule has 1 aliphatic rings. The second-order valence-corrected chi connectivity index (χ2v) is 4.19. The molecule has 2 heterocycles. The molecule has 0 amide bonds. The summed E-state index contributed by atoms with van der Waals surface area (Å²) in [5, 5.41) is 3.34. The summed E-state index contributed by atoms with van der Waals surface area (Å²) in [5.74, 6) is 1.33. The zero-order valence-corrected chi connectivity index (χ0v) is 9.78. The van der Waals surface area contributed by atoms with Gasteiger partial charge in [0.25, 0.3) is 0 Å². The molecule has 0 saturated carbocycles. The van der Waals surface area contributed by atoms with Crippen molar-refractivity contribution in [3.63, 3.8) is 0 Å². The molecule has 4 heteroatoms. The lowest BCUT2D eigenvalue weighted by Gasteiger charge is -2.07. The average Bonchev–Trinajstić information content (AvgIpc) is 2.84. The van der Waals surface area contributed by atoms with Crippen molar-refractivity contribution in [1.82, 2.24) is 15.3 Å². The summed E-state index contributed by atoms with van der Waals surface area (Å²) in [4.78, 5) is 8.82. The van der Waals surface area contributed by atoms with Gasteiger partial charge in [-0.3, -0.25) is 0 Å². The van der Waals surface area contributed by atoms with Crippen LogP contribution in [-0.4, -0.2) is 29.7 Å². The van der Waals surface area contributed by atoms with E-state index in [2.05, 4.69) is 22.2 Å². The van der Waals surface area contributed by atoms with E-state index >= 15 is 0 Å². The molecule has 1 aromatic rings. The van der Waals surface area contributed by atoms with Crippen LogP contribution >= 0.6 is 0 Å². The standard InChI is InChI=1S/C12H19N3O/c1-2-4-13-6-10-7-14-12(15-8-10)11-3-5-16-9-11/h7-8,11,13H,2-6,9H2,1H3. The van der Waals surface area contributed by atoms with Crippen molar-refractivity contribution >= 4 is 0 Å². The molecule has 2 rings (SSSR count). The van der Waals surface area contributed by atoms with Gasteiger partial charge in [0.1, 0.15) is 5.82 Å². The molecule has 0 bridgehead atoms. The number of nitrogens with zero attached hydrogens (tertiary/aromatic N) is 2. The lowest BCUT2D eigenvalue weighted by molar-refractivity contribution is 0.193. The minimum atomic E-state index is 0.401. The van der Waals surface area contributed by atoms with Crippen LogP contribution in [0.1, 0.15) is 37.1 Å². The summed E-state index contributed by atoms with van der Waals surface area (Å²) in [5.41, 5.74) is 1.15. The van der Waals surface area contributed by atoms with E-state index in [1.54, 1.807) is 0 Å². The van der Waals surface area contributed by atoms with Crippen molar-refractivity contribution < 1.29 is 4.74 Å². The Morgan fingerprint density at radius 1 is 1.44 bits per heavy atom. The lowest BCUT2D eigenvalue weighted by Crippen LogP contribution is -2.14. The first kappa shape index (κ1) is 11.5. The smallest absolute Gasteiger partial charge is 0.133 e. The first-order valence-electron chi connectivity index (χ1n) is 5.99. The van der Waals surface area contributed by atoms with E-state index in [9.17, 15) is 0 Å². The molecule has 1 unspecified atom stereocenters. The van der Waals surface area contributed by atoms with Crippen LogP contribution < -0.4 is 5.32 Å². The van der Waals surface area contributed by atoms with Gasteiger partial charge in [-0.25, -0.2) is 9.97 Å². The fraction of sp³-hybridized carbons (Fsp3) is 0.667. The third-order valence-electron chi connectivity index (χ3n) is 2.78. The lowest BCUT2D eigenvalue weighted by atomic mass is 10.1. The van der Waals surface area contributed by atoms with Gasteiger partial charge in [0.15, 0.2) is 0 Å². The number of nitrogens with one attached hydrogen (secondary N) is 1. The molecule has 0 spiro atoms. The summed E-state index contributed by atoms with van der Waals surface area (Å²) >= 11 is 0. The number of ether oxygens (including phenoxy) is 1. The second kappa shape index (κ2) is 5.92. The van der Waals surface area contributed by atoms with Gasteiger partial charge in [0, 0.05) is 37.0 Å². The van der Waals surface area contributed by atoms with Gasteiger partial charge in [-0.1, -0.05) is 6.92 Å². The highest BCUT2D eigenvalue weighted by Crippen LogP contribution is 2.21. The van der Waals surface area contributed by atoms with Crippen LogP contribution in [0.15, 0.2) is 12.4 Å². The summed E-state index contributed by atoms with van der Waals surface area (Å²) < 4.78 is 5.33. The van der Waals surface area contributed by atoms with E-state index in [0.29, 0.717) is 5.92 Å². The van der Waals surface area contributed by atoms with Crippen LogP contribution in [0, 0.1) is 0 Å². The average molecular weight is 221 g/mol. The SMILES string of the molecule is CCCNCc1cnc(C2CCOC2)nc1. The summed E-state index contributed by atoms with van der Waals surface area (Å²) in [6.45, 7) is 5.67. The molecular formula is C12H19N3O. The molecule has 1 saturated heterocycles. The fourth-order valence-electron chi connectivity index (χ4n) is 1.81. The van der Waals surface area contributed by atoms with Gasteiger partial charge >= 0.3 is 0 Å². The van der Waals surface area contributed by atoms with E-state index in [-0.39, 0.29) is 0 Å². The second-order valence-electron chi connectivity index (χ2n) is 4.19. The molecular weight excluding hydrogens is 202 g/mol. The molecule has 16 heavy (non-hydrogen) atoms. The largest absolute Gasteiger partial charge is 0.381 e. The van der Waals surface area contributed by atoms with Gasteiger partial charge < -0.3 is 10.1 Å². The number of aromatic nitrogens is 2. The highest BCUT2D eigenvalue weighted by molar-refractivity contribution is 5.08. The zero-order valence-electron chi connectivity index (χ0n) is 9.78. The topological polar surface area (TPSA) is 47.0 Å². The number of hydrogen-bond acceptors (Lipinski definition) is 4. The van der Waals surface area contributed by atoms with Gasteiger partial charge in [-0.15, -0.1) is 0 Å². The van der Waals surface area contributed by atoms with Gasteiger partial charge in [0.2, 0.25) is 0 Å². The molecule has 1 N–H and O–H groups in total. The van der Waals surface area contributed by atoms with E-state index in [0.717, 1.165) is 50.5 Å². The maximum absolute atomic E-state index is 5.33. The predicted molar refractivity (Wildman–Crippen MR) is 62.2 cm³/mol. The van der Waals surface area contributed by atoms with E-state index in [4.69, 9.17) is 4.74 Å². The Bertz CT molecular complexity index is 307. The Kier molecular flexibility index (Phi) is 4.25. The predicted octanol–water partition coefficient (Wildman–Crippen LogP) is 1.48. The van der Waals surface area contributed by atoms with Crippen molar-refractivity contribution in [2.75, 3.05) is 19.8 Å². The molecule has 1 fully saturated rings. The zero-order chi connectivity index (χ0) is 11.2. The van der Waals surface area contributed by atoms with Gasteiger partial charge in [0.05, 0.1) is 6.61 Å². The first-order chi connectivity index (χ1) is 7.90. The molecule has 0 radical (unpaired) electrons. The van der Waals surface area contributed by atoms with Crippen molar-refractivity contribution in [3.05, 3.63) is 23.8 Å². The summed E-state index contributed by atoms with van der Waals surface area (Å²) in [7, 11) is 0. The molecule has 0 aliphatic carbocycles. The number of rotatable bonds is 5. The van der Waals surface area contributed by atoms with Crippen LogP contribution in [0.3, 0.4) is 0 Å². The number of hydrogen-bond donors (Lipinski definition) is 1. The molecule has 1 aromatic heterocycles. The van der Waals surface area contributed by atoms with E-state index in [1.165, 1.54) is 0 Å². The normalized spacial score (nSPS) is 20.2. The quantitative estimate of drug-likeness (QED) is 0.765. The highest BCUT2D eigenvalue weighted by Gasteiger charge is 2.19. The molecule has 1 aliphatic heterocycles. The first-order valence-corrected chi connectivity index (χ1v) is 5.99. The highest BCUT2D eigenvalue weighted by atomic mass is 16.5. The Morgan fingerprint density at radius 2 is 2.25 bits per heavy atom. The van der Waals surface area contributed by atoms with Crippen LogP contribution in [-0.2, 0) is 11.3 Å². The maximum atomic E-state index is 5.33. The van der Waals surface area contributed by atoms with Crippen molar-refractivity contribution in [3.8, 4) is 0 Å². The Hall–Kier alpha value is -1.00. The maximum Gasteiger partial charge on any atom is 0.133 e. The monoisotopic (exact) mass is 221 g/mol. The Balaban J connectivity index is 1.88. The van der Waals surface area contributed by atoms with Crippen molar-refractivity contribution in [2.45, 2.75) is 32.2 Å². The summed E-state index contributed by atoms with van der Waals surface area (Å²) in [6.07, 6.45) is 6.04. The molecule has 4 nitrogen and oxygen atoms in total. The van der Waals surface area contributed by atoms with Crippen LogP contribution in [0.4, 0.5) is 0 Å². The Morgan fingerprint density at radius 3 is 2.88 bits per heavy atom. The minimum absolute atomic E-state index is 0.401. The van der Waals surface area contributed by atoms with E-state index in [1.807, 2.05) is 12.4 Å². The fourth-order valence-corrected chi connectivity index (χ4v) is 1.81. The Labute approximate surface area is 96.4 Å². The van der Waals surface area contributed by atoms with Crippen molar-refractivity contribution in [2.24, 2.45) is 0 Å². The third-order valence-corrected chi connectivity index (χ3v) is 2.78. The molecule has 1 atom stereocenters. The van der Waals surface area contributed by atoms with Crippen LogP contribution in [0.2, 0.25) is 0 Å². The summed E-state index contributed by atoms with van der Waals surface area (Å²) in [6, 6.07) is 0. The van der Waals surface area contributed by atoms with Crippen LogP contribution in [0.25, 0.3) is 0 Å². The van der Waals surface area contributed by atoms with Gasteiger partial charge in [-0.2, -0.15) is 0 Å². The van der Waals surface area contributed by atoms with Crippen molar-refractivity contribution in [1.29, 1.82) is 0 Å². The van der Waals surface area contributed by atoms with Crippen LogP contribution in [0.5, 0.6) is 0 Å². The van der Waals surface area contributed by atoms with E-state index < -0.39 is 0 Å². The molecule has 0 aromatic carbocycles. The molecule has 88 valence electrons. The van der Waals surface area contributed by atoms with Gasteiger partial charge in [-0.05, 0) is 19.4 Å².